The SMILES string of the molecule is COC(C(=O)C(C)C)C(C)C. The third-order valence-electron chi connectivity index (χ3n) is 1.71. The highest BCUT2D eigenvalue weighted by molar-refractivity contribution is 5.85. The lowest BCUT2D eigenvalue weighted by Gasteiger charge is -2.19. The Labute approximate surface area is 68.9 Å². The van der Waals surface area contributed by atoms with Gasteiger partial charge >= 0.3 is 0 Å². The van der Waals surface area contributed by atoms with Crippen LogP contribution in [0.2, 0.25) is 0 Å². The summed E-state index contributed by atoms with van der Waals surface area (Å²) < 4.78 is 5.09. The van der Waals surface area contributed by atoms with E-state index in [1.54, 1.807) is 7.11 Å². The van der Waals surface area contributed by atoms with E-state index in [2.05, 4.69) is 0 Å². The van der Waals surface area contributed by atoms with Crippen LogP contribution in [0.3, 0.4) is 0 Å². The molecule has 0 N–H and O–H groups in total. The Bertz CT molecular complexity index is 128. The highest BCUT2D eigenvalue weighted by Gasteiger charge is 2.23. The second-order valence-corrected chi connectivity index (χ2v) is 3.46. The second-order valence-electron chi connectivity index (χ2n) is 3.46. The molecule has 0 aliphatic carbocycles. The van der Waals surface area contributed by atoms with E-state index in [4.69, 9.17) is 4.74 Å². The largest absolute Gasteiger partial charge is 0.373 e. The number of methoxy groups -OCH3 is 1. The molecule has 0 aliphatic heterocycles. The molecule has 0 aromatic heterocycles. The van der Waals surface area contributed by atoms with Crippen LogP contribution >= 0.6 is 0 Å². The zero-order valence-corrected chi connectivity index (χ0v) is 8.05. The highest BCUT2D eigenvalue weighted by atomic mass is 16.5. The third kappa shape index (κ3) is 3.02. The Kier molecular flexibility index (Phi) is 4.34. The molecule has 66 valence electrons. The number of hydrogen-bond acceptors (Lipinski definition) is 2. The monoisotopic (exact) mass is 158 g/mol. The van der Waals surface area contributed by atoms with Crippen molar-refractivity contribution in [2.24, 2.45) is 11.8 Å². The van der Waals surface area contributed by atoms with E-state index in [0.717, 1.165) is 0 Å². The number of Topliss-reactive ketones (excluding diaryl/α,β-unsaturated/α-hetero) is 1. The minimum atomic E-state index is -0.227. The first-order chi connectivity index (χ1) is 5.00. The van der Waals surface area contributed by atoms with Crippen molar-refractivity contribution in [1.82, 2.24) is 0 Å². The Morgan fingerprint density at radius 2 is 1.64 bits per heavy atom. The first-order valence-corrected chi connectivity index (χ1v) is 4.07. The molecular weight excluding hydrogens is 140 g/mol. The highest BCUT2D eigenvalue weighted by Crippen LogP contribution is 2.11. The van der Waals surface area contributed by atoms with Gasteiger partial charge in [0.05, 0.1) is 0 Å². The van der Waals surface area contributed by atoms with E-state index < -0.39 is 0 Å². The molecule has 0 bridgehead atoms. The van der Waals surface area contributed by atoms with Crippen LogP contribution in [0.4, 0.5) is 0 Å². The molecule has 0 heterocycles. The topological polar surface area (TPSA) is 26.3 Å². The maximum Gasteiger partial charge on any atom is 0.164 e. The van der Waals surface area contributed by atoms with E-state index in [1.165, 1.54) is 0 Å². The number of hydrogen-bond donors (Lipinski definition) is 0. The Hall–Kier alpha value is -0.370. The predicted molar refractivity (Wildman–Crippen MR) is 45.5 cm³/mol. The van der Waals surface area contributed by atoms with E-state index >= 15 is 0 Å². The van der Waals surface area contributed by atoms with Crippen molar-refractivity contribution in [1.29, 1.82) is 0 Å². The van der Waals surface area contributed by atoms with Gasteiger partial charge in [-0.25, -0.2) is 0 Å². The van der Waals surface area contributed by atoms with Crippen LogP contribution in [0, 0.1) is 11.8 Å². The van der Waals surface area contributed by atoms with Gasteiger partial charge in [-0.15, -0.1) is 0 Å². The van der Waals surface area contributed by atoms with Gasteiger partial charge in [-0.2, -0.15) is 0 Å². The van der Waals surface area contributed by atoms with Crippen LogP contribution in [0.25, 0.3) is 0 Å². The summed E-state index contributed by atoms with van der Waals surface area (Å²) in [6.07, 6.45) is -0.227. The summed E-state index contributed by atoms with van der Waals surface area (Å²) >= 11 is 0. The van der Waals surface area contributed by atoms with Crippen LogP contribution in [0.15, 0.2) is 0 Å². The minimum absolute atomic E-state index is 0.0716. The molecule has 0 radical (unpaired) electrons. The molecule has 0 spiro atoms. The molecule has 0 saturated carbocycles. The molecule has 0 fully saturated rings. The molecule has 2 nitrogen and oxygen atoms in total. The van der Waals surface area contributed by atoms with Gasteiger partial charge in [-0.05, 0) is 5.92 Å². The number of rotatable bonds is 4. The smallest absolute Gasteiger partial charge is 0.164 e. The van der Waals surface area contributed by atoms with Crippen LogP contribution < -0.4 is 0 Å². The number of ketones is 1. The first kappa shape index (κ1) is 10.6. The fraction of sp³-hybridized carbons (Fsp3) is 0.889. The van der Waals surface area contributed by atoms with E-state index in [9.17, 15) is 4.79 Å². The molecule has 0 aliphatic rings. The van der Waals surface area contributed by atoms with E-state index in [1.807, 2.05) is 27.7 Å². The summed E-state index contributed by atoms with van der Waals surface area (Å²) in [5, 5.41) is 0. The van der Waals surface area contributed by atoms with E-state index in [0.29, 0.717) is 0 Å². The molecule has 11 heavy (non-hydrogen) atoms. The van der Waals surface area contributed by atoms with Crippen molar-refractivity contribution < 1.29 is 9.53 Å². The zero-order valence-electron chi connectivity index (χ0n) is 8.05. The van der Waals surface area contributed by atoms with E-state index in [-0.39, 0.29) is 23.7 Å². The Morgan fingerprint density at radius 1 is 1.18 bits per heavy atom. The average molecular weight is 158 g/mol. The zero-order chi connectivity index (χ0) is 9.02. The van der Waals surface area contributed by atoms with Crippen molar-refractivity contribution in [2.45, 2.75) is 33.8 Å². The first-order valence-electron chi connectivity index (χ1n) is 4.07. The van der Waals surface area contributed by atoms with Gasteiger partial charge in [0.25, 0.3) is 0 Å². The van der Waals surface area contributed by atoms with Gasteiger partial charge < -0.3 is 4.74 Å². The molecule has 1 atom stereocenters. The lowest BCUT2D eigenvalue weighted by atomic mass is 9.96. The lowest BCUT2D eigenvalue weighted by Crippen LogP contribution is -2.31. The lowest BCUT2D eigenvalue weighted by molar-refractivity contribution is -0.134. The van der Waals surface area contributed by atoms with Crippen LogP contribution in [0.5, 0.6) is 0 Å². The Morgan fingerprint density at radius 3 is 1.73 bits per heavy atom. The maximum absolute atomic E-state index is 11.4. The van der Waals surface area contributed by atoms with Crippen molar-refractivity contribution in [3.63, 3.8) is 0 Å². The van der Waals surface area contributed by atoms with Gasteiger partial charge in [0, 0.05) is 13.0 Å². The van der Waals surface area contributed by atoms with Gasteiger partial charge in [0.15, 0.2) is 5.78 Å². The molecule has 0 saturated heterocycles. The van der Waals surface area contributed by atoms with Crippen molar-refractivity contribution in [3.05, 3.63) is 0 Å². The summed E-state index contributed by atoms with van der Waals surface area (Å²) in [5.41, 5.74) is 0. The summed E-state index contributed by atoms with van der Waals surface area (Å²) in [4.78, 5) is 11.4. The molecule has 0 aromatic rings. The number of carbonyl (C=O) groups excluding carboxylic acids is 1. The minimum Gasteiger partial charge on any atom is -0.373 e. The summed E-state index contributed by atoms with van der Waals surface area (Å²) in [6, 6.07) is 0. The van der Waals surface area contributed by atoms with Crippen molar-refractivity contribution in [2.75, 3.05) is 7.11 Å². The predicted octanol–water partition coefficient (Wildman–Crippen LogP) is 1.88. The molecule has 2 heteroatoms. The fourth-order valence-electron chi connectivity index (χ4n) is 1.05. The molecule has 1 unspecified atom stereocenters. The van der Waals surface area contributed by atoms with Crippen LogP contribution in [0.1, 0.15) is 27.7 Å². The van der Waals surface area contributed by atoms with Crippen molar-refractivity contribution in [3.8, 4) is 0 Å². The maximum atomic E-state index is 11.4. The Balaban J connectivity index is 4.15. The van der Waals surface area contributed by atoms with Gasteiger partial charge in [0.1, 0.15) is 6.10 Å². The number of carbonyl (C=O) groups is 1. The third-order valence-corrected chi connectivity index (χ3v) is 1.71. The van der Waals surface area contributed by atoms with Gasteiger partial charge in [-0.3, -0.25) is 4.79 Å². The molecule has 0 rings (SSSR count). The molecule has 0 aromatic carbocycles. The normalized spacial score (nSPS) is 14.1. The summed E-state index contributed by atoms with van der Waals surface area (Å²) in [7, 11) is 1.59. The summed E-state index contributed by atoms with van der Waals surface area (Å²) in [5.74, 6) is 0.541. The fourth-order valence-corrected chi connectivity index (χ4v) is 1.05. The van der Waals surface area contributed by atoms with Crippen molar-refractivity contribution >= 4 is 5.78 Å². The standard InChI is InChI=1S/C9H18O2/c1-6(2)8(10)9(11-5)7(3)4/h6-7,9H,1-5H3. The van der Waals surface area contributed by atoms with Crippen LogP contribution in [-0.2, 0) is 9.53 Å². The van der Waals surface area contributed by atoms with Crippen LogP contribution in [-0.4, -0.2) is 19.0 Å². The summed E-state index contributed by atoms with van der Waals surface area (Å²) in [6.45, 7) is 7.79. The number of ether oxygens (including phenoxy) is 1. The molecule has 0 amide bonds. The molecular formula is C9H18O2. The van der Waals surface area contributed by atoms with Gasteiger partial charge in [0.2, 0.25) is 0 Å². The second kappa shape index (κ2) is 4.50. The average Bonchev–Trinajstić information content (AvgIpc) is 1.88. The quantitative estimate of drug-likeness (QED) is 0.624. The van der Waals surface area contributed by atoms with Gasteiger partial charge in [-0.1, -0.05) is 27.7 Å².